The quantitative estimate of drug-likeness (QED) is 0.852. The summed E-state index contributed by atoms with van der Waals surface area (Å²) in [5, 5.41) is 9.11. The lowest BCUT2D eigenvalue weighted by atomic mass is 9.61. The molecule has 0 saturated heterocycles. The fourth-order valence-electron chi connectivity index (χ4n) is 2.54. The minimum atomic E-state index is -0.998. The van der Waals surface area contributed by atoms with Crippen LogP contribution in [0.3, 0.4) is 0 Å². The number of halogens is 1. The number of carboxylic acids is 1. The molecule has 0 bridgehead atoms. The number of hydrogen-bond acceptors (Lipinski definition) is 1. The molecule has 1 unspecified atom stereocenters. The van der Waals surface area contributed by atoms with Gasteiger partial charge in [-0.25, -0.2) is 9.18 Å². The van der Waals surface area contributed by atoms with Crippen LogP contribution in [0.25, 0.3) is 0 Å². The van der Waals surface area contributed by atoms with Crippen LogP contribution in [-0.4, -0.2) is 17.2 Å². The summed E-state index contributed by atoms with van der Waals surface area (Å²) in [7, 11) is 0. The maximum absolute atomic E-state index is 13.7. The zero-order valence-electron chi connectivity index (χ0n) is 9.24. The van der Waals surface area contributed by atoms with E-state index in [2.05, 4.69) is 0 Å². The standard InChI is InChI=1S/C13H15FO2/c1-9(14)13(7-4-8-13)11-6-3-2-5-10(11)12(15)16/h2-3,5-6,9H,4,7-8H2,1H3,(H,15,16). The highest BCUT2D eigenvalue weighted by atomic mass is 19.1. The molecule has 0 aromatic heterocycles. The van der Waals surface area contributed by atoms with Crippen molar-refractivity contribution >= 4 is 5.97 Å². The molecule has 1 atom stereocenters. The van der Waals surface area contributed by atoms with Gasteiger partial charge in [-0.15, -0.1) is 0 Å². The molecule has 0 aliphatic heterocycles. The first-order valence-corrected chi connectivity index (χ1v) is 5.55. The molecule has 16 heavy (non-hydrogen) atoms. The Kier molecular flexibility index (Phi) is 2.70. The minimum absolute atomic E-state index is 0.242. The Morgan fingerprint density at radius 2 is 2.06 bits per heavy atom. The van der Waals surface area contributed by atoms with E-state index in [0.29, 0.717) is 5.56 Å². The van der Waals surface area contributed by atoms with E-state index < -0.39 is 17.6 Å². The molecular weight excluding hydrogens is 207 g/mol. The van der Waals surface area contributed by atoms with E-state index in [9.17, 15) is 9.18 Å². The summed E-state index contributed by atoms with van der Waals surface area (Å²) in [6.45, 7) is 1.53. The van der Waals surface area contributed by atoms with Gasteiger partial charge in [-0.3, -0.25) is 0 Å². The molecule has 1 aliphatic rings. The summed E-state index contributed by atoms with van der Waals surface area (Å²) >= 11 is 0. The van der Waals surface area contributed by atoms with Crippen LogP contribution in [-0.2, 0) is 5.41 Å². The Bertz CT molecular complexity index is 408. The van der Waals surface area contributed by atoms with Crippen LogP contribution in [0.15, 0.2) is 24.3 Å². The summed E-state index contributed by atoms with van der Waals surface area (Å²) in [6.07, 6.45) is 1.47. The molecule has 1 fully saturated rings. The van der Waals surface area contributed by atoms with Crippen LogP contribution < -0.4 is 0 Å². The van der Waals surface area contributed by atoms with Gasteiger partial charge in [0.05, 0.1) is 5.56 Å². The summed E-state index contributed by atoms with van der Waals surface area (Å²) in [5.41, 5.74) is 0.338. The number of alkyl halides is 1. The molecule has 1 N–H and O–H groups in total. The summed E-state index contributed by atoms with van der Waals surface area (Å²) in [5.74, 6) is -0.970. The van der Waals surface area contributed by atoms with Gasteiger partial charge in [-0.05, 0) is 31.4 Å². The molecule has 2 rings (SSSR count). The summed E-state index contributed by atoms with van der Waals surface area (Å²) < 4.78 is 13.7. The Morgan fingerprint density at radius 3 is 2.50 bits per heavy atom. The van der Waals surface area contributed by atoms with Gasteiger partial charge in [0, 0.05) is 5.41 Å². The first-order chi connectivity index (χ1) is 7.58. The first kappa shape index (κ1) is 11.1. The Labute approximate surface area is 94.1 Å². The van der Waals surface area contributed by atoms with Gasteiger partial charge in [0.15, 0.2) is 0 Å². The molecular formula is C13H15FO2. The second kappa shape index (κ2) is 3.89. The fourth-order valence-corrected chi connectivity index (χ4v) is 2.54. The van der Waals surface area contributed by atoms with Gasteiger partial charge in [0.1, 0.15) is 6.17 Å². The second-order valence-corrected chi connectivity index (χ2v) is 4.48. The van der Waals surface area contributed by atoms with Crippen molar-refractivity contribution in [2.45, 2.75) is 37.8 Å². The largest absolute Gasteiger partial charge is 0.478 e. The normalized spacial score (nSPS) is 19.9. The molecule has 1 aliphatic carbocycles. The average molecular weight is 222 g/mol. The van der Waals surface area contributed by atoms with E-state index >= 15 is 0 Å². The SMILES string of the molecule is CC(F)C1(c2ccccc2C(=O)O)CCC1. The molecule has 2 nitrogen and oxygen atoms in total. The number of rotatable bonds is 3. The van der Waals surface area contributed by atoms with E-state index in [1.165, 1.54) is 6.92 Å². The van der Waals surface area contributed by atoms with Gasteiger partial charge >= 0.3 is 5.97 Å². The van der Waals surface area contributed by atoms with Crippen molar-refractivity contribution in [3.63, 3.8) is 0 Å². The number of benzene rings is 1. The molecule has 0 spiro atoms. The van der Waals surface area contributed by atoms with Gasteiger partial charge in [0.25, 0.3) is 0 Å². The van der Waals surface area contributed by atoms with Crippen LogP contribution in [0.5, 0.6) is 0 Å². The predicted molar refractivity (Wildman–Crippen MR) is 59.5 cm³/mol. The van der Waals surface area contributed by atoms with E-state index in [-0.39, 0.29) is 5.56 Å². The van der Waals surface area contributed by atoms with E-state index in [1.54, 1.807) is 24.3 Å². The zero-order chi connectivity index (χ0) is 11.8. The zero-order valence-corrected chi connectivity index (χ0v) is 9.24. The van der Waals surface area contributed by atoms with Crippen molar-refractivity contribution in [2.75, 3.05) is 0 Å². The average Bonchev–Trinajstić information content (AvgIpc) is 2.15. The second-order valence-electron chi connectivity index (χ2n) is 4.48. The van der Waals surface area contributed by atoms with E-state index in [4.69, 9.17) is 5.11 Å². The van der Waals surface area contributed by atoms with Gasteiger partial charge < -0.3 is 5.11 Å². The molecule has 3 heteroatoms. The van der Waals surface area contributed by atoms with Crippen molar-refractivity contribution in [1.29, 1.82) is 0 Å². The Morgan fingerprint density at radius 1 is 1.44 bits per heavy atom. The van der Waals surface area contributed by atoms with Gasteiger partial charge in [0.2, 0.25) is 0 Å². The lowest BCUT2D eigenvalue weighted by Crippen LogP contribution is -2.43. The third-order valence-corrected chi connectivity index (χ3v) is 3.70. The van der Waals surface area contributed by atoms with Crippen LogP contribution in [0, 0.1) is 0 Å². The van der Waals surface area contributed by atoms with Crippen molar-refractivity contribution in [3.8, 4) is 0 Å². The molecule has 0 heterocycles. The molecule has 1 aromatic carbocycles. The van der Waals surface area contributed by atoms with Crippen LogP contribution in [0.2, 0.25) is 0 Å². The van der Waals surface area contributed by atoms with Crippen molar-refractivity contribution in [1.82, 2.24) is 0 Å². The highest BCUT2D eigenvalue weighted by molar-refractivity contribution is 5.90. The lowest BCUT2D eigenvalue weighted by Gasteiger charge is -2.44. The van der Waals surface area contributed by atoms with Crippen LogP contribution in [0.4, 0.5) is 4.39 Å². The van der Waals surface area contributed by atoms with Gasteiger partial charge in [-0.1, -0.05) is 24.6 Å². The van der Waals surface area contributed by atoms with Crippen LogP contribution >= 0.6 is 0 Å². The predicted octanol–water partition coefficient (Wildman–Crippen LogP) is 3.16. The lowest BCUT2D eigenvalue weighted by molar-refractivity contribution is 0.0680. The highest BCUT2D eigenvalue weighted by Gasteiger charge is 2.45. The third-order valence-electron chi connectivity index (χ3n) is 3.70. The van der Waals surface area contributed by atoms with Crippen molar-refractivity contribution < 1.29 is 14.3 Å². The van der Waals surface area contributed by atoms with Crippen molar-refractivity contribution in [3.05, 3.63) is 35.4 Å². The molecule has 1 saturated carbocycles. The maximum Gasteiger partial charge on any atom is 0.335 e. The fraction of sp³-hybridized carbons (Fsp3) is 0.462. The molecule has 86 valence electrons. The highest BCUT2D eigenvalue weighted by Crippen LogP contribution is 2.48. The number of carbonyl (C=O) groups is 1. The first-order valence-electron chi connectivity index (χ1n) is 5.55. The third kappa shape index (κ3) is 1.51. The molecule has 0 radical (unpaired) electrons. The van der Waals surface area contributed by atoms with E-state index in [1.807, 2.05) is 0 Å². The molecule has 0 amide bonds. The van der Waals surface area contributed by atoms with E-state index in [0.717, 1.165) is 19.3 Å². The van der Waals surface area contributed by atoms with Gasteiger partial charge in [-0.2, -0.15) is 0 Å². The molecule has 1 aromatic rings. The maximum atomic E-state index is 13.7. The Balaban J connectivity index is 2.50. The number of carboxylic acid groups (broad SMARTS) is 1. The number of hydrogen-bond donors (Lipinski definition) is 1. The minimum Gasteiger partial charge on any atom is -0.478 e. The topological polar surface area (TPSA) is 37.3 Å². The number of aromatic carboxylic acids is 1. The summed E-state index contributed by atoms with van der Waals surface area (Å²) in [6, 6.07) is 6.77. The van der Waals surface area contributed by atoms with Crippen molar-refractivity contribution in [2.24, 2.45) is 0 Å². The van der Waals surface area contributed by atoms with Crippen LogP contribution in [0.1, 0.15) is 42.1 Å². The monoisotopic (exact) mass is 222 g/mol. The Hall–Kier alpha value is -1.38. The summed E-state index contributed by atoms with van der Waals surface area (Å²) in [4.78, 5) is 11.1. The smallest absolute Gasteiger partial charge is 0.335 e.